The van der Waals surface area contributed by atoms with Crippen molar-refractivity contribution in [1.29, 1.82) is 0 Å². The van der Waals surface area contributed by atoms with Crippen LogP contribution in [0.1, 0.15) is 34.6 Å². The Hall–Kier alpha value is -1.04. The van der Waals surface area contributed by atoms with Crippen LogP contribution in [0.2, 0.25) is 0 Å². The van der Waals surface area contributed by atoms with E-state index < -0.39 is 11.6 Å². The maximum atomic E-state index is 11.6. The van der Waals surface area contributed by atoms with E-state index in [0.29, 0.717) is 5.75 Å². The summed E-state index contributed by atoms with van der Waals surface area (Å²) in [5.74, 6) is -0.631. The van der Waals surface area contributed by atoms with Crippen molar-refractivity contribution in [3.05, 3.63) is 0 Å². The second-order valence-electron chi connectivity index (χ2n) is 5.01. The van der Waals surface area contributed by atoms with Crippen molar-refractivity contribution in [2.24, 2.45) is 5.92 Å². The van der Waals surface area contributed by atoms with Gasteiger partial charge in [-0.2, -0.15) is 0 Å². The fourth-order valence-electron chi connectivity index (χ4n) is 1.03. The second kappa shape index (κ2) is 7.41. The zero-order chi connectivity index (χ0) is 14.3. The Morgan fingerprint density at radius 2 is 1.83 bits per heavy atom. The normalized spacial score (nSPS) is 12.7. The molecule has 0 aromatic rings. The first-order chi connectivity index (χ1) is 8.11. The number of carbonyl (C=O) groups is 3. The highest BCUT2D eigenvalue weighted by Gasteiger charge is 2.18. The van der Waals surface area contributed by atoms with Gasteiger partial charge in [-0.25, -0.2) is 0 Å². The number of hydrogen-bond acceptors (Lipinski definition) is 5. The zero-order valence-corrected chi connectivity index (χ0v) is 12.3. The molecule has 104 valence electrons. The zero-order valence-electron chi connectivity index (χ0n) is 11.5. The first kappa shape index (κ1) is 17.0. The lowest BCUT2D eigenvalue weighted by atomic mass is 10.2. The molecule has 0 aliphatic rings. The Bertz CT molecular complexity index is 323. The van der Waals surface area contributed by atoms with Gasteiger partial charge in [0.15, 0.2) is 5.12 Å². The maximum absolute atomic E-state index is 11.6. The molecule has 0 aromatic heterocycles. The molecule has 0 saturated heterocycles. The van der Waals surface area contributed by atoms with Gasteiger partial charge in [0, 0.05) is 18.6 Å². The minimum absolute atomic E-state index is 0.0261. The van der Waals surface area contributed by atoms with Gasteiger partial charge in [-0.15, -0.1) is 0 Å². The van der Waals surface area contributed by atoms with E-state index in [2.05, 4.69) is 5.32 Å². The lowest BCUT2D eigenvalue weighted by Gasteiger charge is -2.20. The van der Waals surface area contributed by atoms with Crippen LogP contribution < -0.4 is 5.32 Å². The number of amides is 1. The quantitative estimate of drug-likeness (QED) is 0.767. The molecule has 0 aromatic carbocycles. The van der Waals surface area contributed by atoms with Gasteiger partial charge in [0.25, 0.3) is 0 Å². The fraction of sp³-hybridized carbons (Fsp3) is 0.750. The van der Waals surface area contributed by atoms with Crippen molar-refractivity contribution < 1.29 is 19.1 Å². The summed E-state index contributed by atoms with van der Waals surface area (Å²) in [7, 11) is 0. The van der Waals surface area contributed by atoms with Crippen LogP contribution in [0.4, 0.5) is 0 Å². The van der Waals surface area contributed by atoms with Crippen LogP contribution in [0.3, 0.4) is 0 Å². The van der Waals surface area contributed by atoms with Crippen LogP contribution in [0.25, 0.3) is 0 Å². The van der Waals surface area contributed by atoms with Gasteiger partial charge in [-0.1, -0.05) is 18.7 Å². The summed E-state index contributed by atoms with van der Waals surface area (Å²) >= 11 is 1.10. The topological polar surface area (TPSA) is 72.5 Å². The Morgan fingerprint density at radius 3 is 2.28 bits per heavy atom. The smallest absolute Gasteiger partial charge is 0.325 e. The predicted octanol–water partition coefficient (Wildman–Crippen LogP) is 1.36. The number of nitrogens with one attached hydrogen (secondary N) is 1. The molecule has 0 bridgehead atoms. The van der Waals surface area contributed by atoms with Crippen LogP contribution in [0.5, 0.6) is 0 Å². The molecule has 0 rings (SSSR count). The first-order valence-corrected chi connectivity index (χ1v) is 6.73. The summed E-state index contributed by atoms with van der Waals surface area (Å²) in [5, 5.41) is 2.46. The first-order valence-electron chi connectivity index (χ1n) is 5.74. The van der Waals surface area contributed by atoms with Gasteiger partial charge in [0.05, 0.1) is 0 Å². The van der Waals surface area contributed by atoms with Gasteiger partial charge in [-0.3, -0.25) is 14.4 Å². The van der Waals surface area contributed by atoms with Crippen LogP contribution >= 0.6 is 11.8 Å². The van der Waals surface area contributed by atoms with Crippen LogP contribution in [0.15, 0.2) is 0 Å². The Kier molecular flexibility index (Phi) is 6.98. The molecule has 1 atom stereocenters. The monoisotopic (exact) mass is 275 g/mol. The molecule has 0 fully saturated rings. The summed E-state index contributed by atoms with van der Waals surface area (Å²) in [6.45, 7) is 8.30. The molecular formula is C12H21NO4S. The number of hydrogen-bond donors (Lipinski definition) is 1. The highest BCUT2D eigenvalue weighted by Crippen LogP contribution is 2.09. The molecule has 0 unspecified atom stereocenters. The number of rotatable bonds is 5. The van der Waals surface area contributed by atoms with E-state index in [1.807, 2.05) is 0 Å². The number of thioether (sulfide) groups is 1. The maximum Gasteiger partial charge on any atom is 0.325 e. The lowest BCUT2D eigenvalue weighted by Crippen LogP contribution is -2.37. The van der Waals surface area contributed by atoms with E-state index in [4.69, 9.17) is 4.74 Å². The molecule has 0 aliphatic heterocycles. The van der Waals surface area contributed by atoms with E-state index in [1.54, 1.807) is 27.7 Å². The van der Waals surface area contributed by atoms with Gasteiger partial charge >= 0.3 is 5.97 Å². The van der Waals surface area contributed by atoms with Gasteiger partial charge < -0.3 is 10.1 Å². The average Bonchev–Trinajstić information content (AvgIpc) is 2.19. The third kappa shape index (κ3) is 9.04. The van der Waals surface area contributed by atoms with Crippen molar-refractivity contribution in [3.63, 3.8) is 0 Å². The van der Waals surface area contributed by atoms with Crippen molar-refractivity contribution in [3.8, 4) is 0 Å². The Labute approximate surface area is 112 Å². The molecule has 0 aliphatic carbocycles. The van der Waals surface area contributed by atoms with Crippen LogP contribution in [-0.2, 0) is 19.1 Å². The predicted molar refractivity (Wildman–Crippen MR) is 71.2 cm³/mol. The molecule has 0 saturated carbocycles. The largest absolute Gasteiger partial charge is 0.459 e. The van der Waals surface area contributed by atoms with E-state index in [0.717, 1.165) is 11.8 Å². The number of carbonyl (C=O) groups excluding carboxylic acids is 3. The van der Waals surface area contributed by atoms with E-state index in [9.17, 15) is 14.4 Å². The lowest BCUT2D eigenvalue weighted by molar-refractivity contribution is -0.154. The third-order valence-corrected chi connectivity index (χ3v) is 2.88. The summed E-state index contributed by atoms with van der Waals surface area (Å²) in [5.41, 5.74) is -0.558. The standard InChI is InChI=1S/C12H21NO4S/c1-8(7-18-9(2)14)11(16)13-6-10(15)17-12(3,4)5/h8H,6-7H2,1-5H3,(H,13,16)/t8-/m0/s1. The molecule has 6 heteroatoms. The molecule has 0 radical (unpaired) electrons. The second-order valence-corrected chi connectivity index (χ2v) is 6.20. The molecule has 1 amide bonds. The summed E-state index contributed by atoms with van der Waals surface area (Å²) in [6, 6.07) is 0. The van der Waals surface area contributed by atoms with Crippen molar-refractivity contribution in [2.45, 2.75) is 40.2 Å². The summed E-state index contributed by atoms with van der Waals surface area (Å²) in [4.78, 5) is 33.7. The summed E-state index contributed by atoms with van der Waals surface area (Å²) in [6.07, 6.45) is 0. The van der Waals surface area contributed by atoms with Gasteiger partial charge in [0.1, 0.15) is 12.1 Å². The molecule has 1 N–H and O–H groups in total. The SMILES string of the molecule is CC(=O)SC[C@H](C)C(=O)NCC(=O)OC(C)(C)C. The van der Waals surface area contributed by atoms with Crippen LogP contribution in [-0.4, -0.2) is 34.9 Å². The number of ether oxygens (including phenoxy) is 1. The highest BCUT2D eigenvalue weighted by atomic mass is 32.2. The van der Waals surface area contributed by atoms with Gasteiger partial charge in [-0.05, 0) is 20.8 Å². The minimum Gasteiger partial charge on any atom is -0.459 e. The van der Waals surface area contributed by atoms with Crippen molar-refractivity contribution in [2.75, 3.05) is 12.3 Å². The van der Waals surface area contributed by atoms with E-state index in [1.165, 1.54) is 6.92 Å². The Balaban J connectivity index is 3.95. The summed E-state index contributed by atoms with van der Waals surface area (Å²) < 4.78 is 5.05. The molecule has 0 heterocycles. The highest BCUT2D eigenvalue weighted by molar-refractivity contribution is 8.13. The third-order valence-electron chi connectivity index (χ3n) is 1.81. The molecular weight excluding hydrogens is 254 g/mol. The Morgan fingerprint density at radius 1 is 1.28 bits per heavy atom. The number of esters is 1. The van der Waals surface area contributed by atoms with E-state index >= 15 is 0 Å². The molecule has 18 heavy (non-hydrogen) atoms. The van der Waals surface area contributed by atoms with Crippen LogP contribution in [0, 0.1) is 5.92 Å². The minimum atomic E-state index is -0.558. The van der Waals surface area contributed by atoms with E-state index in [-0.39, 0.29) is 23.5 Å². The van der Waals surface area contributed by atoms with Crippen molar-refractivity contribution in [1.82, 2.24) is 5.32 Å². The molecule has 0 spiro atoms. The van der Waals surface area contributed by atoms with Crippen molar-refractivity contribution >= 4 is 28.8 Å². The average molecular weight is 275 g/mol. The molecule has 5 nitrogen and oxygen atoms in total. The fourth-order valence-corrected chi connectivity index (χ4v) is 1.67. The van der Waals surface area contributed by atoms with Gasteiger partial charge in [0.2, 0.25) is 5.91 Å².